The number of nitrogens with two attached hydrogens (primary N) is 1. The van der Waals surface area contributed by atoms with Crippen LogP contribution in [0.4, 0.5) is 0 Å². The largest absolute Gasteiger partial charge is 0.365 e. The Morgan fingerprint density at radius 1 is 1.36 bits per heavy atom. The Hall–Kier alpha value is -1.31. The van der Waals surface area contributed by atoms with E-state index in [2.05, 4.69) is 25.7 Å². The summed E-state index contributed by atoms with van der Waals surface area (Å²) in [7, 11) is 0. The highest BCUT2D eigenvalue weighted by Gasteiger charge is 2.16. The van der Waals surface area contributed by atoms with E-state index >= 15 is 0 Å². The van der Waals surface area contributed by atoms with Crippen molar-refractivity contribution in [3.05, 3.63) is 22.2 Å². The first kappa shape index (κ1) is 10.8. The molecule has 0 bridgehead atoms. The molecule has 0 saturated carbocycles. The number of benzene rings is 1. The summed E-state index contributed by atoms with van der Waals surface area (Å²) in [6.45, 7) is 0. The maximum Gasteiger partial charge on any atom is 0.253 e. The lowest BCUT2D eigenvalue weighted by Gasteiger charge is -2.06. The van der Waals surface area contributed by atoms with E-state index in [-0.39, 0.29) is 21.5 Å². The average Bonchev–Trinajstić information content (AvgIpc) is 2.15. The number of amides is 1. The molecule has 0 spiro atoms. The van der Waals surface area contributed by atoms with Crippen molar-refractivity contribution in [2.24, 2.45) is 5.73 Å². The van der Waals surface area contributed by atoms with Gasteiger partial charge in [0.2, 0.25) is 0 Å². The van der Waals surface area contributed by atoms with Crippen molar-refractivity contribution in [3.8, 4) is 11.5 Å². The van der Waals surface area contributed by atoms with Crippen LogP contribution in [0.15, 0.2) is 16.6 Å². The van der Waals surface area contributed by atoms with Crippen LogP contribution in [0, 0.1) is 0 Å². The monoisotopic (exact) mass is 263 g/mol. The predicted molar refractivity (Wildman–Crippen MR) is 49.2 cm³/mol. The zero-order valence-corrected chi connectivity index (χ0v) is 8.32. The van der Waals surface area contributed by atoms with Crippen molar-refractivity contribution in [1.82, 2.24) is 0 Å². The van der Waals surface area contributed by atoms with Gasteiger partial charge >= 0.3 is 0 Å². The lowest BCUT2D eigenvalue weighted by atomic mass is 10.2. The van der Waals surface area contributed by atoms with Gasteiger partial charge in [0.25, 0.3) is 5.91 Å². The molecule has 6 nitrogen and oxygen atoms in total. The van der Waals surface area contributed by atoms with Gasteiger partial charge < -0.3 is 15.5 Å². The predicted octanol–water partition coefficient (Wildman–Crippen LogP) is 1.25. The van der Waals surface area contributed by atoms with E-state index < -0.39 is 5.91 Å². The molecule has 0 saturated heterocycles. The molecule has 0 fully saturated rings. The molecule has 0 aromatic heterocycles. The van der Waals surface area contributed by atoms with Gasteiger partial charge in [0.15, 0.2) is 11.5 Å². The quantitative estimate of drug-likeness (QED) is 0.563. The molecule has 7 heteroatoms. The fourth-order valence-corrected chi connectivity index (χ4v) is 1.54. The molecule has 0 aliphatic carbocycles. The van der Waals surface area contributed by atoms with E-state index in [0.29, 0.717) is 0 Å². The van der Waals surface area contributed by atoms with Crippen molar-refractivity contribution in [2.75, 3.05) is 0 Å². The summed E-state index contributed by atoms with van der Waals surface area (Å²) in [4.78, 5) is 18.7. The van der Waals surface area contributed by atoms with Gasteiger partial charge in [-0.2, -0.15) is 0 Å². The highest BCUT2D eigenvalue weighted by atomic mass is 79.9. The lowest BCUT2D eigenvalue weighted by Crippen LogP contribution is -2.13. The first-order chi connectivity index (χ1) is 6.60. The topological polar surface area (TPSA) is 102 Å². The fourth-order valence-electron chi connectivity index (χ4n) is 0.922. The number of rotatable bonds is 3. The third-order valence-corrected chi connectivity index (χ3v) is 2.10. The van der Waals surface area contributed by atoms with Gasteiger partial charge in [0.05, 0.1) is 5.56 Å². The van der Waals surface area contributed by atoms with E-state index in [1.165, 1.54) is 6.07 Å². The van der Waals surface area contributed by atoms with Gasteiger partial charge in [-0.3, -0.25) is 4.79 Å². The molecule has 1 rings (SSSR count). The normalized spacial score (nSPS) is 9.64. The maximum atomic E-state index is 10.9. The van der Waals surface area contributed by atoms with Crippen LogP contribution in [0.1, 0.15) is 10.4 Å². The van der Waals surface area contributed by atoms with Gasteiger partial charge in [0, 0.05) is 10.5 Å². The molecule has 0 atom stereocenters. The van der Waals surface area contributed by atoms with Crippen LogP contribution in [0.2, 0.25) is 0 Å². The number of primary amides is 1. The first-order valence-electron chi connectivity index (χ1n) is 3.36. The second-order valence-electron chi connectivity index (χ2n) is 2.33. The molecule has 0 aliphatic heterocycles. The van der Waals surface area contributed by atoms with Gasteiger partial charge in [-0.15, -0.1) is 0 Å². The van der Waals surface area contributed by atoms with Gasteiger partial charge in [-0.05, 0) is 22.0 Å². The molecule has 0 radical (unpaired) electrons. The third-order valence-electron chi connectivity index (χ3n) is 1.48. The van der Waals surface area contributed by atoms with Gasteiger partial charge in [-0.25, -0.2) is 10.5 Å². The van der Waals surface area contributed by atoms with Crippen LogP contribution < -0.4 is 15.5 Å². The van der Waals surface area contributed by atoms with Crippen LogP contribution in [-0.2, 0) is 0 Å². The van der Waals surface area contributed by atoms with E-state index in [1.807, 2.05) is 0 Å². The molecule has 1 amide bonds. The smallest absolute Gasteiger partial charge is 0.253 e. The van der Waals surface area contributed by atoms with Crippen LogP contribution in [0.5, 0.6) is 11.5 Å². The van der Waals surface area contributed by atoms with E-state index in [0.717, 1.165) is 6.07 Å². The van der Waals surface area contributed by atoms with Crippen molar-refractivity contribution in [1.29, 1.82) is 0 Å². The minimum atomic E-state index is -0.787. The van der Waals surface area contributed by atoms with E-state index in [1.54, 1.807) is 0 Å². The summed E-state index contributed by atoms with van der Waals surface area (Å²) in [6.07, 6.45) is 0. The fraction of sp³-hybridized carbons (Fsp3) is 0. The maximum absolute atomic E-state index is 10.9. The summed E-state index contributed by atoms with van der Waals surface area (Å²) >= 11 is 3.00. The van der Waals surface area contributed by atoms with Crippen molar-refractivity contribution in [2.45, 2.75) is 0 Å². The molecule has 1 aromatic rings. The molecule has 0 aliphatic rings. The van der Waals surface area contributed by atoms with Crippen molar-refractivity contribution < 1.29 is 25.1 Å². The molecule has 1 aromatic carbocycles. The van der Waals surface area contributed by atoms with E-state index in [9.17, 15) is 4.79 Å². The summed E-state index contributed by atoms with van der Waals surface area (Å²) in [5.41, 5.74) is 4.97. The van der Waals surface area contributed by atoms with Crippen LogP contribution >= 0.6 is 15.9 Å². The molecular formula is C7H6BrNO5. The zero-order chi connectivity index (χ0) is 10.7. The summed E-state index contributed by atoms with van der Waals surface area (Å²) in [6, 6.07) is 2.40. The Balaban J connectivity index is 3.34. The standard InChI is InChI=1S/C7H6BrNO5/c8-4-1-3(13-11)2-5(14-12)6(4)7(9)10/h1-2,11-12H,(H2,9,10). The number of hydrogen-bond donors (Lipinski definition) is 3. The molecule has 4 N–H and O–H groups in total. The lowest BCUT2D eigenvalue weighted by molar-refractivity contribution is -0.145. The molecule has 76 valence electrons. The van der Waals surface area contributed by atoms with Crippen LogP contribution in [0.3, 0.4) is 0 Å². The van der Waals surface area contributed by atoms with Crippen molar-refractivity contribution >= 4 is 21.8 Å². The third kappa shape index (κ3) is 1.95. The number of carbonyl (C=O) groups is 1. The van der Waals surface area contributed by atoms with Gasteiger partial charge in [-0.1, -0.05) is 0 Å². The minimum Gasteiger partial charge on any atom is -0.365 e. The molecule has 0 unspecified atom stereocenters. The Bertz CT molecular complexity index is 367. The second kappa shape index (κ2) is 4.27. The van der Waals surface area contributed by atoms with Crippen LogP contribution in [-0.4, -0.2) is 16.4 Å². The average molecular weight is 264 g/mol. The number of carbonyl (C=O) groups excluding carboxylic acids is 1. The Kier molecular flexibility index (Phi) is 3.28. The molecule has 14 heavy (non-hydrogen) atoms. The Morgan fingerprint density at radius 2 is 2.00 bits per heavy atom. The van der Waals surface area contributed by atoms with E-state index in [4.69, 9.17) is 16.2 Å². The molecule has 0 heterocycles. The highest BCUT2D eigenvalue weighted by Crippen LogP contribution is 2.31. The Morgan fingerprint density at radius 3 is 2.43 bits per heavy atom. The summed E-state index contributed by atoms with van der Waals surface area (Å²) in [5.74, 6) is -1.01. The summed E-state index contributed by atoms with van der Waals surface area (Å²) < 4.78 is 0.237. The number of halogens is 1. The molecular weight excluding hydrogens is 258 g/mol. The highest BCUT2D eigenvalue weighted by molar-refractivity contribution is 9.10. The second-order valence-corrected chi connectivity index (χ2v) is 3.18. The van der Waals surface area contributed by atoms with Crippen molar-refractivity contribution in [3.63, 3.8) is 0 Å². The first-order valence-corrected chi connectivity index (χ1v) is 4.15. The van der Waals surface area contributed by atoms with Crippen LogP contribution in [0.25, 0.3) is 0 Å². The van der Waals surface area contributed by atoms with Gasteiger partial charge in [0.1, 0.15) is 0 Å². The number of hydrogen-bond acceptors (Lipinski definition) is 5. The minimum absolute atomic E-state index is 0.00840. The summed E-state index contributed by atoms with van der Waals surface area (Å²) in [5, 5.41) is 16.8. The SMILES string of the molecule is NC(=O)c1c(Br)cc(OO)cc1OO. The zero-order valence-electron chi connectivity index (χ0n) is 6.73. The Labute approximate surface area is 86.8 Å².